The number of amides is 1. The van der Waals surface area contributed by atoms with Crippen molar-refractivity contribution in [2.75, 3.05) is 18.4 Å². The molecule has 16 heavy (non-hydrogen) atoms. The van der Waals surface area contributed by atoms with Crippen LogP contribution in [0.1, 0.15) is 19.8 Å². The van der Waals surface area contributed by atoms with E-state index in [1.54, 1.807) is 10.9 Å². The van der Waals surface area contributed by atoms with Crippen LogP contribution in [-0.4, -0.2) is 28.8 Å². The molecule has 0 bridgehead atoms. The van der Waals surface area contributed by atoms with E-state index in [2.05, 4.69) is 15.7 Å². The molecule has 5 heteroatoms. The van der Waals surface area contributed by atoms with Gasteiger partial charge in [0.25, 0.3) is 0 Å². The second kappa shape index (κ2) is 5.12. The summed E-state index contributed by atoms with van der Waals surface area (Å²) in [4.78, 5) is 11.5. The fourth-order valence-electron chi connectivity index (χ4n) is 1.52. The van der Waals surface area contributed by atoms with Gasteiger partial charge in [-0.05, 0) is 32.2 Å². The quantitative estimate of drug-likeness (QED) is 0.750. The molecule has 1 saturated carbocycles. The molecule has 0 atom stereocenters. The molecule has 0 saturated heterocycles. The third kappa shape index (κ3) is 3.34. The van der Waals surface area contributed by atoms with Crippen LogP contribution in [0, 0.1) is 5.92 Å². The number of anilines is 1. The van der Waals surface area contributed by atoms with Crippen LogP contribution in [0.5, 0.6) is 0 Å². The molecule has 0 aromatic carbocycles. The molecule has 1 amide bonds. The van der Waals surface area contributed by atoms with E-state index in [0.717, 1.165) is 24.7 Å². The molecule has 1 aliphatic carbocycles. The number of carbonyl (C=O) groups is 1. The molecule has 5 nitrogen and oxygen atoms in total. The van der Waals surface area contributed by atoms with Gasteiger partial charge in [0.05, 0.1) is 18.4 Å². The first-order chi connectivity index (χ1) is 7.78. The Morgan fingerprint density at radius 2 is 2.44 bits per heavy atom. The van der Waals surface area contributed by atoms with Gasteiger partial charge in [0, 0.05) is 12.7 Å². The fraction of sp³-hybridized carbons (Fsp3) is 0.636. The zero-order chi connectivity index (χ0) is 11.4. The lowest BCUT2D eigenvalue weighted by atomic mass is 10.4. The molecule has 2 N–H and O–H groups in total. The van der Waals surface area contributed by atoms with Crippen molar-refractivity contribution < 1.29 is 4.79 Å². The van der Waals surface area contributed by atoms with E-state index in [1.807, 2.05) is 13.1 Å². The van der Waals surface area contributed by atoms with Gasteiger partial charge in [-0.25, -0.2) is 0 Å². The minimum absolute atomic E-state index is 0.00342. The van der Waals surface area contributed by atoms with Gasteiger partial charge in [0.2, 0.25) is 5.91 Å². The number of nitrogens with one attached hydrogen (secondary N) is 2. The van der Waals surface area contributed by atoms with Crippen LogP contribution >= 0.6 is 0 Å². The molecule has 0 aliphatic heterocycles. The molecular weight excluding hydrogens is 204 g/mol. The van der Waals surface area contributed by atoms with Crippen LogP contribution in [0.4, 0.5) is 5.69 Å². The highest BCUT2D eigenvalue weighted by Gasteiger charge is 2.20. The van der Waals surface area contributed by atoms with E-state index in [4.69, 9.17) is 0 Å². The summed E-state index contributed by atoms with van der Waals surface area (Å²) in [6, 6.07) is 0. The molecule has 0 radical (unpaired) electrons. The molecule has 1 fully saturated rings. The summed E-state index contributed by atoms with van der Waals surface area (Å²) in [6.45, 7) is 4.17. The first-order valence-corrected chi connectivity index (χ1v) is 5.81. The van der Waals surface area contributed by atoms with Crippen molar-refractivity contribution >= 4 is 11.6 Å². The average Bonchev–Trinajstić information content (AvgIpc) is 2.97. The fourth-order valence-corrected chi connectivity index (χ4v) is 1.52. The maximum Gasteiger partial charge on any atom is 0.238 e. The zero-order valence-electron chi connectivity index (χ0n) is 9.57. The predicted octanol–water partition coefficient (Wildman–Crippen LogP) is 0.841. The summed E-state index contributed by atoms with van der Waals surface area (Å²) < 4.78 is 1.78. The summed E-state index contributed by atoms with van der Waals surface area (Å²) in [6.07, 6.45) is 6.11. The van der Waals surface area contributed by atoms with E-state index < -0.39 is 0 Å². The van der Waals surface area contributed by atoms with E-state index in [-0.39, 0.29) is 5.91 Å². The number of hydrogen-bond donors (Lipinski definition) is 2. The molecule has 1 aromatic heterocycles. The number of aromatic nitrogens is 2. The first-order valence-electron chi connectivity index (χ1n) is 5.81. The third-order valence-corrected chi connectivity index (χ3v) is 2.66. The third-order valence-electron chi connectivity index (χ3n) is 2.66. The van der Waals surface area contributed by atoms with Crippen molar-refractivity contribution in [3.8, 4) is 0 Å². The van der Waals surface area contributed by atoms with Gasteiger partial charge in [-0.3, -0.25) is 9.48 Å². The Labute approximate surface area is 95.2 Å². The molecule has 1 heterocycles. The summed E-state index contributed by atoms with van der Waals surface area (Å²) in [5, 5.41) is 10.0. The van der Waals surface area contributed by atoms with Gasteiger partial charge in [0.15, 0.2) is 0 Å². The highest BCUT2D eigenvalue weighted by molar-refractivity contribution is 5.91. The smallest absolute Gasteiger partial charge is 0.238 e. The maximum absolute atomic E-state index is 11.5. The SMILES string of the molecule is CCn1cc(NC(=O)CNCC2CC2)cn1. The standard InChI is InChI=1S/C11H18N4O/c1-2-15-8-10(6-13-15)14-11(16)7-12-5-9-3-4-9/h6,8-9,12H,2-5,7H2,1H3,(H,14,16). The lowest BCUT2D eigenvalue weighted by Crippen LogP contribution is -2.29. The van der Waals surface area contributed by atoms with Crippen molar-refractivity contribution in [3.05, 3.63) is 12.4 Å². The van der Waals surface area contributed by atoms with E-state index in [9.17, 15) is 4.79 Å². The first kappa shape index (κ1) is 11.1. The highest BCUT2D eigenvalue weighted by Crippen LogP contribution is 2.27. The van der Waals surface area contributed by atoms with Gasteiger partial charge < -0.3 is 10.6 Å². The number of nitrogens with zero attached hydrogens (tertiary/aromatic N) is 2. The van der Waals surface area contributed by atoms with E-state index in [0.29, 0.717) is 6.54 Å². The largest absolute Gasteiger partial charge is 0.322 e. The summed E-state index contributed by atoms with van der Waals surface area (Å²) in [5.41, 5.74) is 0.764. The van der Waals surface area contributed by atoms with Crippen LogP contribution in [0.15, 0.2) is 12.4 Å². The molecular formula is C11H18N4O. The molecule has 0 unspecified atom stereocenters. The van der Waals surface area contributed by atoms with Gasteiger partial charge in [-0.2, -0.15) is 5.10 Å². The van der Waals surface area contributed by atoms with Gasteiger partial charge in [-0.15, -0.1) is 0 Å². The topological polar surface area (TPSA) is 59.0 Å². The summed E-state index contributed by atoms with van der Waals surface area (Å²) in [7, 11) is 0. The Balaban J connectivity index is 1.68. The average molecular weight is 222 g/mol. The summed E-state index contributed by atoms with van der Waals surface area (Å²) >= 11 is 0. The van der Waals surface area contributed by atoms with E-state index >= 15 is 0 Å². The predicted molar refractivity (Wildman–Crippen MR) is 62.1 cm³/mol. The monoisotopic (exact) mass is 222 g/mol. The number of rotatable bonds is 6. The molecule has 0 spiro atoms. The van der Waals surface area contributed by atoms with Crippen molar-refractivity contribution in [2.24, 2.45) is 5.92 Å². The van der Waals surface area contributed by atoms with Gasteiger partial charge >= 0.3 is 0 Å². The van der Waals surface area contributed by atoms with Crippen LogP contribution in [-0.2, 0) is 11.3 Å². The maximum atomic E-state index is 11.5. The molecule has 1 aliphatic rings. The zero-order valence-corrected chi connectivity index (χ0v) is 9.57. The molecule has 88 valence electrons. The lowest BCUT2D eigenvalue weighted by molar-refractivity contribution is -0.115. The second-order valence-electron chi connectivity index (χ2n) is 4.21. The van der Waals surface area contributed by atoms with E-state index in [1.165, 1.54) is 12.8 Å². The number of aryl methyl sites for hydroxylation is 1. The van der Waals surface area contributed by atoms with Crippen molar-refractivity contribution in [1.82, 2.24) is 15.1 Å². The normalized spacial score (nSPS) is 15.1. The Morgan fingerprint density at radius 3 is 3.06 bits per heavy atom. The molecule has 1 aromatic rings. The Kier molecular flexibility index (Phi) is 3.56. The van der Waals surface area contributed by atoms with Crippen LogP contribution in [0.3, 0.4) is 0 Å². The Morgan fingerprint density at radius 1 is 1.62 bits per heavy atom. The van der Waals surface area contributed by atoms with Gasteiger partial charge in [0.1, 0.15) is 0 Å². The second-order valence-corrected chi connectivity index (χ2v) is 4.21. The van der Waals surface area contributed by atoms with Crippen molar-refractivity contribution in [2.45, 2.75) is 26.3 Å². The number of hydrogen-bond acceptors (Lipinski definition) is 3. The van der Waals surface area contributed by atoms with Crippen LogP contribution < -0.4 is 10.6 Å². The minimum atomic E-state index is -0.00342. The van der Waals surface area contributed by atoms with Crippen LogP contribution in [0.2, 0.25) is 0 Å². The molecule has 2 rings (SSSR count). The summed E-state index contributed by atoms with van der Waals surface area (Å²) in [5.74, 6) is 0.798. The lowest BCUT2D eigenvalue weighted by Gasteiger charge is -2.03. The Bertz CT molecular complexity index is 357. The number of carbonyl (C=O) groups excluding carboxylic acids is 1. The van der Waals surface area contributed by atoms with Gasteiger partial charge in [-0.1, -0.05) is 0 Å². The minimum Gasteiger partial charge on any atom is -0.322 e. The highest BCUT2D eigenvalue weighted by atomic mass is 16.1. The van der Waals surface area contributed by atoms with Crippen molar-refractivity contribution in [1.29, 1.82) is 0 Å². The Hall–Kier alpha value is -1.36. The van der Waals surface area contributed by atoms with Crippen LogP contribution in [0.25, 0.3) is 0 Å². The van der Waals surface area contributed by atoms with Crippen molar-refractivity contribution in [3.63, 3.8) is 0 Å².